The maximum Gasteiger partial charge on any atom is 0.180 e. The highest BCUT2D eigenvalue weighted by molar-refractivity contribution is 7.13. The number of rotatable bonds is 1. The molecule has 0 aromatic carbocycles. The van der Waals surface area contributed by atoms with Gasteiger partial charge in [-0.3, -0.25) is 0 Å². The summed E-state index contributed by atoms with van der Waals surface area (Å²) in [7, 11) is 0. The third-order valence-corrected chi connectivity index (χ3v) is 2.57. The number of nitrogen functional groups attached to an aromatic ring is 1. The molecule has 1 aliphatic rings. The lowest BCUT2D eigenvalue weighted by Crippen LogP contribution is -2.19. The van der Waals surface area contributed by atoms with Crippen LogP contribution >= 0.6 is 11.3 Å². The lowest BCUT2D eigenvalue weighted by atomic mass is 10.3. The van der Waals surface area contributed by atoms with E-state index >= 15 is 0 Å². The molecule has 13 heavy (non-hydrogen) atoms. The van der Waals surface area contributed by atoms with Gasteiger partial charge in [0, 0.05) is 5.38 Å². The highest BCUT2D eigenvalue weighted by Crippen LogP contribution is 2.33. The van der Waals surface area contributed by atoms with Gasteiger partial charge in [0.15, 0.2) is 10.9 Å². The van der Waals surface area contributed by atoms with Crippen molar-refractivity contribution in [2.24, 2.45) is 0 Å². The van der Waals surface area contributed by atoms with Crippen molar-refractivity contribution >= 4 is 16.5 Å². The molecule has 0 amide bonds. The van der Waals surface area contributed by atoms with Gasteiger partial charge in [-0.2, -0.15) is 0 Å². The SMILES string of the molecule is CC1(C)OCC(c2csc(N)n2)O1. The highest BCUT2D eigenvalue weighted by atomic mass is 32.1. The Kier molecular flexibility index (Phi) is 2.02. The zero-order valence-corrected chi connectivity index (χ0v) is 8.43. The third kappa shape index (κ3) is 1.82. The summed E-state index contributed by atoms with van der Waals surface area (Å²) >= 11 is 1.42. The molecule has 1 unspecified atom stereocenters. The number of nitrogens with two attached hydrogens (primary N) is 1. The summed E-state index contributed by atoms with van der Waals surface area (Å²) in [6.07, 6.45) is -0.0662. The van der Waals surface area contributed by atoms with E-state index in [1.54, 1.807) is 0 Å². The van der Waals surface area contributed by atoms with Crippen LogP contribution in [0.25, 0.3) is 0 Å². The van der Waals surface area contributed by atoms with Gasteiger partial charge in [-0.1, -0.05) is 0 Å². The van der Waals surface area contributed by atoms with Crippen molar-refractivity contribution in [1.29, 1.82) is 0 Å². The van der Waals surface area contributed by atoms with Gasteiger partial charge in [0.05, 0.1) is 12.3 Å². The molecule has 1 atom stereocenters. The van der Waals surface area contributed by atoms with E-state index in [1.165, 1.54) is 11.3 Å². The fourth-order valence-electron chi connectivity index (χ4n) is 1.28. The minimum Gasteiger partial charge on any atom is -0.375 e. The van der Waals surface area contributed by atoms with Crippen LogP contribution in [0.15, 0.2) is 5.38 Å². The molecule has 5 heteroatoms. The molecule has 4 nitrogen and oxygen atoms in total. The van der Waals surface area contributed by atoms with Crippen LogP contribution in [0.3, 0.4) is 0 Å². The highest BCUT2D eigenvalue weighted by Gasteiger charge is 2.34. The quantitative estimate of drug-likeness (QED) is 0.747. The Bertz CT molecular complexity index is 311. The number of ether oxygens (including phenoxy) is 2. The number of aromatic nitrogens is 1. The van der Waals surface area contributed by atoms with Crippen molar-refractivity contribution in [3.63, 3.8) is 0 Å². The maximum atomic E-state index is 5.61. The molecule has 1 aliphatic heterocycles. The lowest BCUT2D eigenvalue weighted by Gasteiger charge is -2.16. The van der Waals surface area contributed by atoms with Crippen molar-refractivity contribution in [3.8, 4) is 0 Å². The molecule has 1 aromatic rings. The van der Waals surface area contributed by atoms with E-state index in [0.29, 0.717) is 11.7 Å². The van der Waals surface area contributed by atoms with Gasteiger partial charge < -0.3 is 15.2 Å². The number of thiazole rings is 1. The molecule has 72 valence electrons. The molecule has 0 radical (unpaired) electrons. The van der Waals surface area contributed by atoms with Crippen LogP contribution in [0.5, 0.6) is 0 Å². The van der Waals surface area contributed by atoms with Crippen LogP contribution in [-0.4, -0.2) is 17.4 Å². The predicted molar refractivity (Wildman–Crippen MR) is 50.4 cm³/mol. The van der Waals surface area contributed by atoms with Gasteiger partial charge in [0.1, 0.15) is 6.10 Å². The van der Waals surface area contributed by atoms with Crippen LogP contribution in [-0.2, 0) is 9.47 Å². The topological polar surface area (TPSA) is 57.4 Å². The summed E-state index contributed by atoms with van der Waals surface area (Å²) in [5, 5.41) is 2.48. The fourth-order valence-corrected chi connectivity index (χ4v) is 1.89. The first-order valence-electron chi connectivity index (χ1n) is 4.09. The molecule has 0 spiro atoms. The first kappa shape index (κ1) is 8.93. The fraction of sp³-hybridized carbons (Fsp3) is 0.625. The van der Waals surface area contributed by atoms with Gasteiger partial charge in [-0.15, -0.1) is 11.3 Å². The number of hydrogen-bond acceptors (Lipinski definition) is 5. The van der Waals surface area contributed by atoms with E-state index in [-0.39, 0.29) is 6.10 Å². The van der Waals surface area contributed by atoms with Crippen molar-refractivity contribution in [3.05, 3.63) is 11.1 Å². The van der Waals surface area contributed by atoms with Crippen molar-refractivity contribution in [1.82, 2.24) is 4.98 Å². The summed E-state index contributed by atoms with van der Waals surface area (Å²) in [6.45, 7) is 4.33. The van der Waals surface area contributed by atoms with Crippen molar-refractivity contribution in [2.45, 2.75) is 25.7 Å². The Labute approximate surface area is 80.7 Å². The minimum atomic E-state index is -0.497. The van der Waals surface area contributed by atoms with Gasteiger partial charge >= 0.3 is 0 Å². The van der Waals surface area contributed by atoms with E-state index in [0.717, 1.165) is 5.69 Å². The van der Waals surface area contributed by atoms with E-state index in [1.807, 2.05) is 19.2 Å². The summed E-state index contributed by atoms with van der Waals surface area (Å²) in [5.74, 6) is -0.497. The Morgan fingerprint density at radius 1 is 1.69 bits per heavy atom. The van der Waals surface area contributed by atoms with E-state index in [4.69, 9.17) is 15.2 Å². The first-order chi connectivity index (χ1) is 6.07. The smallest absolute Gasteiger partial charge is 0.180 e. The molecule has 2 heterocycles. The summed E-state index contributed by atoms with van der Waals surface area (Å²) in [4.78, 5) is 4.15. The van der Waals surface area contributed by atoms with Gasteiger partial charge in [-0.05, 0) is 13.8 Å². The largest absolute Gasteiger partial charge is 0.375 e. The van der Waals surface area contributed by atoms with E-state index in [2.05, 4.69) is 4.98 Å². The molecule has 2 rings (SSSR count). The monoisotopic (exact) mass is 200 g/mol. The average molecular weight is 200 g/mol. The zero-order valence-electron chi connectivity index (χ0n) is 7.61. The van der Waals surface area contributed by atoms with Crippen molar-refractivity contribution < 1.29 is 9.47 Å². The third-order valence-electron chi connectivity index (χ3n) is 1.88. The van der Waals surface area contributed by atoms with E-state index in [9.17, 15) is 0 Å². The summed E-state index contributed by atoms with van der Waals surface area (Å²) < 4.78 is 11.0. The molecular formula is C8H12N2O2S. The Balaban J connectivity index is 2.12. The second-order valence-electron chi connectivity index (χ2n) is 3.43. The molecule has 1 fully saturated rings. The Morgan fingerprint density at radius 2 is 2.46 bits per heavy atom. The predicted octanol–water partition coefficient (Wildman–Crippen LogP) is 1.55. The number of anilines is 1. The molecule has 2 N–H and O–H groups in total. The first-order valence-corrected chi connectivity index (χ1v) is 4.97. The Hall–Kier alpha value is -0.650. The zero-order chi connectivity index (χ0) is 9.47. The van der Waals surface area contributed by atoms with Crippen LogP contribution in [0, 0.1) is 0 Å². The van der Waals surface area contributed by atoms with E-state index < -0.39 is 5.79 Å². The molecule has 1 aromatic heterocycles. The second-order valence-corrected chi connectivity index (χ2v) is 4.32. The van der Waals surface area contributed by atoms with Crippen LogP contribution in [0.1, 0.15) is 25.6 Å². The van der Waals surface area contributed by atoms with Gasteiger partial charge in [0.2, 0.25) is 0 Å². The van der Waals surface area contributed by atoms with Gasteiger partial charge in [-0.25, -0.2) is 4.98 Å². The average Bonchev–Trinajstić information content (AvgIpc) is 2.56. The summed E-state index contributed by atoms with van der Waals surface area (Å²) in [5.41, 5.74) is 6.39. The van der Waals surface area contributed by atoms with Crippen molar-refractivity contribution in [2.75, 3.05) is 12.3 Å². The number of nitrogens with zero attached hydrogens (tertiary/aromatic N) is 1. The van der Waals surface area contributed by atoms with Crippen LogP contribution < -0.4 is 5.73 Å². The van der Waals surface area contributed by atoms with Gasteiger partial charge in [0.25, 0.3) is 0 Å². The number of hydrogen-bond donors (Lipinski definition) is 1. The molecule has 0 saturated carbocycles. The second kappa shape index (κ2) is 2.94. The van der Waals surface area contributed by atoms with Crippen LogP contribution in [0.2, 0.25) is 0 Å². The molecule has 1 saturated heterocycles. The molecule has 0 bridgehead atoms. The minimum absolute atomic E-state index is 0.0662. The molecular weight excluding hydrogens is 188 g/mol. The van der Waals surface area contributed by atoms with Crippen LogP contribution in [0.4, 0.5) is 5.13 Å². The summed E-state index contributed by atoms with van der Waals surface area (Å²) in [6, 6.07) is 0. The standard InChI is InChI=1S/C8H12N2O2S/c1-8(2)11-3-6(12-8)5-4-13-7(9)10-5/h4,6H,3H2,1-2H3,(H2,9,10). The normalized spacial score (nSPS) is 26.5. The maximum absolute atomic E-state index is 5.61. The molecule has 0 aliphatic carbocycles. The lowest BCUT2D eigenvalue weighted by molar-refractivity contribution is -0.139. The Morgan fingerprint density at radius 3 is 2.92 bits per heavy atom.